The van der Waals surface area contributed by atoms with E-state index >= 15 is 0 Å². The van der Waals surface area contributed by atoms with E-state index in [-0.39, 0.29) is 13.2 Å². The molecule has 1 atom stereocenters. The summed E-state index contributed by atoms with van der Waals surface area (Å²) in [6.07, 6.45) is 0.0864. The Kier molecular flexibility index (Phi) is 5.70. The highest BCUT2D eigenvalue weighted by Crippen LogP contribution is 2.32. The Bertz CT molecular complexity index is 864. The first-order valence-electron chi connectivity index (χ1n) is 8.48. The maximum Gasteiger partial charge on any atom is 0.268 e. The molecule has 3 aromatic rings. The molecule has 0 aliphatic heterocycles. The van der Waals surface area contributed by atoms with Gasteiger partial charge in [-0.25, -0.2) is 0 Å². The second kappa shape index (κ2) is 7.99. The van der Waals surface area contributed by atoms with Crippen molar-refractivity contribution in [2.75, 3.05) is 13.2 Å². The van der Waals surface area contributed by atoms with Crippen LogP contribution in [0.25, 0.3) is 22.2 Å². The van der Waals surface area contributed by atoms with Gasteiger partial charge in [0.1, 0.15) is 18.5 Å². The number of hydrogen-bond acceptors (Lipinski definition) is 7. The number of aliphatic hydroxyl groups excluding tert-OH is 2. The van der Waals surface area contributed by atoms with Crippen LogP contribution in [0.3, 0.4) is 0 Å². The summed E-state index contributed by atoms with van der Waals surface area (Å²) >= 11 is 1.65. The lowest BCUT2D eigenvalue weighted by molar-refractivity contribution is 0.0532. The number of benzene rings is 1. The third-order valence-corrected chi connectivity index (χ3v) is 5.21. The Morgan fingerprint density at radius 3 is 2.58 bits per heavy atom. The van der Waals surface area contributed by atoms with Gasteiger partial charge in [-0.05, 0) is 55.7 Å². The monoisotopic (exact) mass is 374 g/mol. The van der Waals surface area contributed by atoms with Crippen molar-refractivity contribution in [3.8, 4) is 27.9 Å². The van der Waals surface area contributed by atoms with E-state index in [2.05, 4.69) is 23.1 Å². The number of ether oxygens (including phenoxy) is 1. The van der Waals surface area contributed by atoms with Crippen molar-refractivity contribution in [2.45, 2.75) is 33.3 Å². The number of aryl methyl sites for hydroxylation is 3. The summed E-state index contributed by atoms with van der Waals surface area (Å²) < 4.78 is 11.1. The van der Waals surface area contributed by atoms with Crippen LogP contribution in [0.4, 0.5) is 0 Å². The van der Waals surface area contributed by atoms with Crippen molar-refractivity contribution in [2.24, 2.45) is 0 Å². The van der Waals surface area contributed by atoms with Crippen molar-refractivity contribution < 1.29 is 19.5 Å². The quantitative estimate of drug-likeness (QED) is 0.659. The summed E-state index contributed by atoms with van der Waals surface area (Å²) in [5.41, 5.74) is 2.65. The van der Waals surface area contributed by atoms with Gasteiger partial charge in [-0.1, -0.05) is 12.1 Å². The van der Waals surface area contributed by atoms with Gasteiger partial charge >= 0.3 is 0 Å². The van der Waals surface area contributed by atoms with Crippen LogP contribution >= 0.6 is 11.3 Å². The van der Waals surface area contributed by atoms with Crippen LogP contribution in [-0.4, -0.2) is 39.7 Å². The Hall–Kier alpha value is -2.22. The second-order valence-electron chi connectivity index (χ2n) is 6.13. The van der Waals surface area contributed by atoms with E-state index in [1.165, 1.54) is 4.88 Å². The normalized spacial score (nSPS) is 12.3. The second-order valence-corrected chi connectivity index (χ2v) is 7.30. The van der Waals surface area contributed by atoms with Gasteiger partial charge in [0.05, 0.1) is 11.5 Å². The van der Waals surface area contributed by atoms with Crippen molar-refractivity contribution in [1.29, 1.82) is 0 Å². The van der Waals surface area contributed by atoms with E-state index in [1.54, 1.807) is 11.3 Å². The summed E-state index contributed by atoms with van der Waals surface area (Å²) in [6.45, 7) is 5.67. The van der Waals surface area contributed by atoms with Gasteiger partial charge in [0.15, 0.2) is 0 Å². The fourth-order valence-electron chi connectivity index (χ4n) is 2.66. The van der Waals surface area contributed by atoms with Crippen LogP contribution in [0.2, 0.25) is 0 Å². The molecule has 0 unspecified atom stereocenters. The number of aromatic nitrogens is 2. The molecular weight excluding hydrogens is 352 g/mol. The maximum atomic E-state index is 9.46. The van der Waals surface area contributed by atoms with Gasteiger partial charge < -0.3 is 19.5 Å². The van der Waals surface area contributed by atoms with E-state index in [4.69, 9.17) is 14.4 Å². The molecular formula is C19H22N2O4S. The molecule has 0 spiro atoms. The van der Waals surface area contributed by atoms with Gasteiger partial charge in [-0.15, -0.1) is 11.3 Å². The number of thiophene rings is 1. The van der Waals surface area contributed by atoms with Gasteiger partial charge in [-0.3, -0.25) is 0 Å². The fourth-order valence-corrected chi connectivity index (χ4v) is 3.53. The van der Waals surface area contributed by atoms with Crippen LogP contribution in [0.15, 0.2) is 28.8 Å². The Balaban J connectivity index is 1.84. The largest absolute Gasteiger partial charge is 0.490 e. The zero-order chi connectivity index (χ0) is 18.7. The minimum atomic E-state index is -0.896. The molecule has 0 saturated heterocycles. The van der Waals surface area contributed by atoms with Gasteiger partial charge in [0, 0.05) is 10.4 Å². The molecule has 7 heteroatoms. The molecule has 138 valence electrons. The van der Waals surface area contributed by atoms with E-state index in [9.17, 15) is 5.11 Å². The minimum absolute atomic E-state index is 0.0437. The van der Waals surface area contributed by atoms with Crippen molar-refractivity contribution in [3.63, 3.8) is 0 Å². The summed E-state index contributed by atoms with van der Waals surface area (Å²) in [6, 6.07) is 7.92. The lowest BCUT2D eigenvalue weighted by Crippen LogP contribution is -2.21. The third-order valence-electron chi connectivity index (χ3n) is 4.00. The van der Waals surface area contributed by atoms with Crippen molar-refractivity contribution in [3.05, 3.63) is 40.3 Å². The summed E-state index contributed by atoms with van der Waals surface area (Å²) in [5, 5.41) is 22.5. The number of aliphatic hydroxyl groups is 2. The molecule has 2 aromatic heterocycles. The highest BCUT2D eigenvalue weighted by Gasteiger charge is 2.15. The lowest BCUT2D eigenvalue weighted by Gasteiger charge is -2.15. The Labute approximate surface area is 156 Å². The highest BCUT2D eigenvalue weighted by atomic mass is 32.1. The third kappa shape index (κ3) is 3.95. The molecule has 2 heterocycles. The fraction of sp³-hybridized carbons (Fsp3) is 0.368. The van der Waals surface area contributed by atoms with E-state index in [0.29, 0.717) is 17.5 Å². The molecule has 0 fully saturated rings. The van der Waals surface area contributed by atoms with E-state index < -0.39 is 6.10 Å². The molecule has 6 nitrogen and oxygen atoms in total. The highest BCUT2D eigenvalue weighted by molar-refractivity contribution is 7.15. The first kappa shape index (κ1) is 18.6. The van der Waals surface area contributed by atoms with Gasteiger partial charge in [-0.2, -0.15) is 4.98 Å². The summed E-state index contributed by atoms with van der Waals surface area (Å²) in [4.78, 5) is 6.76. The Morgan fingerprint density at radius 2 is 1.96 bits per heavy atom. The molecule has 0 aliphatic rings. The Morgan fingerprint density at radius 1 is 1.23 bits per heavy atom. The van der Waals surface area contributed by atoms with Gasteiger partial charge in [0.25, 0.3) is 5.89 Å². The predicted molar refractivity (Wildman–Crippen MR) is 100 cm³/mol. The molecule has 0 saturated carbocycles. The van der Waals surface area contributed by atoms with Crippen LogP contribution in [0.1, 0.15) is 22.9 Å². The molecule has 0 aliphatic carbocycles. The summed E-state index contributed by atoms with van der Waals surface area (Å²) in [7, 11) is 0. The van der Waals surface area contributed by atoms with Crippen molar-refractivity contribution in [1.82, 2.24) is 10.1 Å². The topological polar surface area (TPSA) is 88.6 Å². The SMILES string of the molecule is CCc1ccc(-c2nc(-c3cc(C)c(OC[C@H](O)CO)c(C)c3)no2)s1. The molecule has 0 radical (unpaired) electrons. The number of nitrogens with zero attached hydrogens (tertiary/aromatic N) is 2. The number of hydrogen-bond donors (Lipinski definition) is 2. The van der Waals surface area contributed by atoms with Crippen LogP contribution in [-0.2, 0) is 6.42 Å². The molecule has 2 N–H and O–H groups in total. The van der Waals surface area contributed by atoms with Crippen LogP contribution < -0.4 is 4.74 Å². The standard InChI is InChI=1S/C19H22N2O4S/c1-4-15-5-6-16(26-15)19-20-18(21-25-19)13-7-11(2)17(12(3)8-13)24-10-14(23)9-22/h5-8,14,22-23H,4,9-10H2,1-3H3/t14-/m1/s1. The molecule has 3 rings (SSSR count). The van der Waals surface area contributed by atoms with E-state index in [1.807, 2.05) is 32.0 Å². The van der Waals surface area contributed by atoms with Gasteiger partial charge in [0.2, 0.25) is 5.82 Å². The smallest absolute Gasteiger partial charge is 0.268 e. The zero-order valence-electron chi connectivity index (χ0n) is 15.0. The van der Waals surface area contributed by atoms with E-state index in [0.717, 1.165) is 28.0 Å². The first-order valence-corrected chi connectivity index (χ1v) is 9.29. The zero-order valence-corrected chi connectivity index (χ0v) is 15.8. The molecule has 1 aromatic carbocycles. The lowest BCUT2D eigenvalue weighted by atomic mass is 10.1. The number of rotatable bonds is 7. The average molecular weight is 374 g/mol. The molecule has 0 amide bonds. The molecule has 26 heavy (non-hydrogen) atoms. The first-order chi connectivity index (χ1) is 12.5. The van der Waals surface area contributed by atoms with Crippen molar-refractivity contribution >= 4 is 11.3 Å². The predicted octanol–water partition coefficient (Wildman–Crippen LogP) is 3.38. The summed E-state index contributed by atoms with van der Waals surface area (Å²) in [5.74, 6) is 1.74. The maximum absolute atomic E-state index is 9.46. The van der Waals surface area contributed by atoms with Crippen LogP contribution in [0.5, 0.6) is 5.75 Å². The molecule has 0 bridgehead atoms. The minimum Gasteiger partial charge on any atom is -0.490 e. The average Bonchev–Trinajstić information content (AvgIpc) is 3.29. The van der Waals surface area contributed by atoms with Crippen LogP contribution in [0, 0.1) is 13.8 Å².